The highest BCUT2D eigenvalue weighted by Crippen LogP contribution is 2.15. The first-order chi connectivity index (χ1) is 9.54. The summed E-state index contributed by atoms with van der Waals surface area (Å²) in [7, 11) is 0. The number of urea groups is 1. The molecule has 2 aromatic rings. The van der Waals surface area contributed by atoms with E-state index in [0.29, 0.717) is 10.7 Å². The maximum atomic E-state index is 11.9. The highest BCUT2D eigenvalue weighted by atomic mass is 35.5. The van der Waals surface area contributed by atoms with Crippen LogP contribution in [0.1, 0.15) is 24.1 Å². The van der Waals surface area contributed by atoms with Crippen molar-refractivity contribution in [1.29, 1.82) is 0 Å². The third-order valence-corrected chi connectivity index (χ3v) is 3.28. The van der Waals surface area contributed by atoms with E-state index in [2.05, 4.69) is 10.6 Å². The molecule has 0 heterocycles. The molecule has 2 N–H and O–H groups in total. The number of rotatable bonds is 3. The number of anilines is 1. The van der Waals surface area contributed by atoms with Crippen LogP contribution in [-0.4, -0.2) is 6.03 Å². The molecule has 2 rings (SSSR count). The molecule has 104 valence electrons. The Morgan fingerprint density at radius 3 is 2.25 bits per heavy atom. The van der Waals surface area contributed by atoms with Crippen LogP contribution < -0.4 is 10.6 Å². The monoisotopic (exact) mass is 288 g/mol. The summed E-state index contributed by atoms with van der Waals surface area (Å²) in [6, 6.07) is 14.8. The van der Waals surface area contributed by atoms with Gasteiger partial charge < -0.3 is 10.6 Å². The van der Waals surface area contributed by atoms with Gasteiger partial charge in [-0.2, -0.15) is 0 Å². The van der Waals surface area contributed by atoms with E-state index in [1.54, 1.807) is 24.3 Å². The van der Waals surface area contributed by atoms with Gasteiger partial charge in [-0.3, -0.25) is 0 Å². The zero-order valence-electron chi connectivity index (χ0n) is 11.5. The SMILES string of the molecule is Cc1ccc([C@@H](C)NC(=O)Nc2ccc(Cl)cc2)cc1. The van der Waals surface area contributed by atoms with Crippen molar-refractivity contribution < 1.29 is 4.79 Å². The van der Waals surface area contributed by atoms with Gasteiger partial charge in [0.15, 0.2) is 0 Å². The number of amides is 2. The van der Waals surface area contributed by atoms with Gasteiger partial charge in [0.05, 0.1) is 6.04 Å². The molecular weight excluding hydrogens is 272 g/mol. The summed E-state index contributed by atoms with van der Waals surface area (Å²) in [6.45, 7) is 3.99. The lowest BCUT2D eigenvalue weighted by atomic mass is 10.1. The first-order valence-corrected chi connectivity index (χ1v) is 6.82. The number of halogens is 1. The van der Waals surface area contributed by atoms with Gasteiger partial charge in [-0.15, -0.1) is 0 Å². The zero-order chi connectivity index (χ0) is 14.5. The average Bonchev–Trinajstić information content (AvgIpc) is 2.42. The first-order valence-electron chi connectivity index (χ1n) is 6.44. The van der Waals surface area contributed by atoms with Crippen molar-refractivity contribution in [2.75, 3.05) is 5.32 Å². The predicted octanol–water partition coefficient (Wildman–Crippen LogP) is 4.53. The van der Waals surface area contributed by atoms with E-state index in [4.69, 9.17) is 11.6 Å². The average molecular weight is 289 g/mol. The minimum Gasteiger partial charge on any atom is -0.331 e. The van der Waals surface area contributed by atoms with Gasteiger partial charge in [0, 0.05) is 10.7 Å². The summed E-state index contributed by atoms with van der Waals surface area (Å²) in [4.78, 5) is 11.9. The third-order valence-electron chi connectivity index (χ3n) is 3.03. The molecule has 0 saturated heterocycles. The molecular formula is C16H17ClN2O. The number of carbonyl (C=O) groups is 1. The van der Waals surface area contributed by atoms with E-state index in [9.17, 15) is 4.79 Å². The molecule has 3 nitrogen and oxygen atoms in total. The fourth-order valence-electron chi connectivity index (χ4n) is 1.84. The van der Waals surface area contributed by atoms with Crippen molar-refractivity contribution >= 4 is 23.3 Å². The fourth-order valence-corrected chi connectivity index (χ4v) is 1.96. The summed E-state index contributed by atoms with van der Waals surface area (Å²) in [5.41, 5.74) is 2.98. The molecule has 2 aromatic carbocycles. The molecule has 0 radical (unpaired) electrons. The van der Waals surface area contributed by atoms with Crippen LogP contribution in [0.2, 0.25) is 5.02 Å². The second kappa shape index (κ2) is 6.44. The van der Waals surface area contributed by atoms with Crippen LogP contribution in [0.5, 0.6) is 0 Å². The summed E-state index contributed by atoms with van der Waals surface area (Å²) in [5.74, 6) is 0. The summed E-state index contributed by atoms with van der Waals surface area (Å²) < 4.78 is 0. The van der Waals surface area contributed by atoms with Crippen molar-refractivity contribution in [3.8, 4) is 0 Å². The maximum absolute atomic E-state index is 11.9. The van der Waals surface area contributed by atoms with Gasteiger partial charge in [-0.25, -0.2) is 4.79 Å². The molecule has 0 aromatic heterocycles. The summed E-state index contributed by atoms with van der Waals surface area (Å²) >= 11 is 5.80. The molecule has 0 aliphatic rings. The van der Waals surface area contributed by atoms with Crippen LogP contribution in [0.15, 0.2) is 48.5 Å². The molecule has 0 spiro atoms. The Hall–Kier alpha value is -2.00. The Morgan fingerprint density at radius 1 is 1.05 bits per heavy atom. The summed E-state index contributed by atoms with van der Waals surface area (Å²) in [6.07, 6.45) is 0. The van der Waals surface area contributed by atoms with Gasteiger partial charge in [0.1, 0.15) is 0 Å². The Kier molecular flexibility index (Phi) is 4.64. The minimum atomic E-state index is -0.236. The maximum Gasteiger partial charge on any atom is 0.319 e. The number of aryl methyl sites for hydroxylation is 1. The molecule has 4 heteroatoms. The fraction of sp³-hybridized carbons (Fsp3) is 0.188. The topological polar surface area (TPSA) is 41.1 Å². The van der Waals surface area contributed by atoms with Crippen molar-refractivity contribution in [2.45, 2.75) is 19.9 Å². The number of carbonyl (C=O) groups excluding carboxylic acids is 1. The zero-order valence-corrected chi connectivity index (χ0v) is 12.2. The lowest BCUT2D eigenvalue weighted by molar-refractivity contribution is 0.249. The standard InChI is InChI=1S/C16H17ClN2O/c1-11-3-5-13(6-4-11)12(2)18-16(20)19-15-9-7-14(17)8-10-15/h3-10,12H,1-2H3,(H2,18,19,20)/t12-/m1/s1. The van der Waals surface area contributed by atoms with E-state index in [1.165, 1.54) is 5.56 Å². The van der Waals surface area contributed by atoms with Crippen LogP contribution in [0, 0.1) is 6.92 Å². The van der Waals surface area contributed by atoms with Crippen molar-refractivity contribution in [1.82, 2.24) is 5.32 Å². The van der Waals surface area contributed by atoms with E-state index >= 15 is 0 Å². The van der Waals surface area contributed by atoms with E-state index < -0.39 is 0 Å². The Morgan fingerprint density at radius 2 is 1.65 bits per heavy atom. The predicted molar refractivity (Wildman–Crippen MR) is 83.2 cm³/mol. The second-order valence-corrected chi connectivity index (χ2v) is 5.17. The molecule has 2 amide bonds. The van der Waals surface area contributed by atoms with Crippen LogP contribution in [-0.2, 0) is 0 Å². The number of nitrogens with one attached hydrogen (secondary N) is 2. The van der Waals surface area contributed by atoms with Crippen LogP contribution >= 0.6 is 11.6 Å². The van der Waals surface area contributed by atoms with Gasteiger partial charge >= 0.3 is 6.03 Å². The minimum absolute atomic E-state index is 0.0529. The van der Waals surface area contributed by atoms with E-state index in [-0.39, 0.29) is 12.1 Å². The molecule has 0 unspecified atom stereocenters. The molecule has 1 atom stereocenters. The second-order valence-electron chi connectivity index (χ2n) is 4.74. The Balaban J connectivity index is 1.93. The number of hydrogen-bond donors (Lipinski definition) is 2. The van der Waals surface area contributed by atoms with E-state index in [0.717, 1.165) is 5.56 Å². The largest absolute Gasteiger partial charge is 0.331 e. The molecule has 0 saturated carbocycles. The van der Waals surface area contributed by atoms with Crippen LogP contribution in [0.25, 0.3) is 0 Å². The number of benzene rings is 2. The molecule has 0 aliphatic heterocycles. The van der Waals surface area contributed by atoms with Crippen molar-refractivity contribution in [3.05, 3.63) is 64.7 Å². The van der Waals surface area contributed by atoms with Gasteiger partial charge in [-0.05, 0) is 43.7 Å². The summed E-state index contributed by atoms with van der Waals surface area (Å²) in [5, 5.41) is 6.31. The molecule has 0 fully saturated rings. The first kappa shape index (κ1) is 14.4. The van der Waals surface area contributed by atoms with Gasteiger partial charge in [0.2, 0.25) is 0 Å². The number of hydrogen-bond acceptors (Lipinski definition) is 1. The Labute approximate surface area is 124 Å². The van der Waals surface area contributed by atoms with Gasteiger partial charge in [0.25, 0.3) is 0 Å². The van der Waals surface area contributed by atoms with E-state index in [1.807, 2.05) is 38.1 Å². The highest BCUT2D eigenvalue weighted by Gasteiger charge is 2.09. The van der Waals surface area contributed by atoms with Crippen LogP contribution in [0.4, 0.5) is 10.5 Å². The molecule has 0 aliphatic carbocycles. The van der Waals surface area contributed by atoms with Crippen molar-refractivity contribution in [3.63, 3.8) is 0 Å². The van der Waals surface area contributed by atoms with Crippen molar-refractivity contribution in [2.24, 2.45) is 0 Å². The third kappa shape index (κ3) is 4.00. The van der Waals surface area contributed by atoms with Crippen LogP contribution in [0.3, 0.4) is 0 Å². The smallest absolute Gasteiger partial charge is 0.319 e. The highest BCUT2D eigenvalue weighted by molar-refractivity contribution is 6.30. The lowest BCUT2D eigenvalue weighted by Crippen LogP contribution is -2.31. The quantitative estimate of drug-likeness (QED) is 0.856. The lowest BCUT2D eigenvalue weighted by Gasteiger charge is -2.15. The normalized spacial score (nSPS) is 11.8. The Bertz CT molecular complexity index is 578. The molecule has 20 heavy (non-hydrogen) atoms. The molecule has 0 bridgehead atoms. The van der Waals surface area contributed by atoms with Gasteiger partial charge in [-0.1, -0.05) is 41.4 Å².